The second-order valence-electron chi connectivity index (χ2n) is 3.76. The molecule has 2 heterocycles. The third kappa shape index (κ3) is 0.983. The Balaban J connectivity index is 2.03. The highest BCUT2D eigenvalue weighted by Crippen LogP contribution is 2.29. The highest BCUT2D eigenvalue weighted by atomic mass is 15.2. The average Bonchev–Trinajstić information content (AvgIpc) is 2.11. The van der Waals surface area contributed by atoms with Crippen molar-refractivity contribution in [2.45, 2.75) is 19.8 Å². The molecule has 0 aliphatic carbocycles. The van der Waals surface area contributed by atoms with Gasteiger partial charge in [0, 0.05) is 13.1 Å². The Kier molecular flexibility index (Phi) is 1.26. The molecule has 0 amide bonds. The number of piperidine rings is 1. The molecule has 3 atom stereocenters. The summed E-state index contributed by atoms with van der Waals surface area (Å²) >= 11 is 0. The molecule has 0 aromatic heterocycles. The monoisotopic (exact) mass is 125 g/mol. The minimum Gasteiger partial charge on any atom is -0.303 e. The van der Waals surface area contributed by atoms with Gasteiger partial charge in [0.2, 0.25) is 0 Å². The summed E-state index contributed by atoms with van der Waals surface area (Å²) in [4.78, 5) is 2.61. The Hall–Kier alpha value is -0.0400. The molecule has 0 radical (unpaired) electrons. The Morgan fingerprint density at radius 3 is 3.00 bits per heavy atom. The first-order chi connectivity index (χ1) is 4.34. The molecular weight excluding hydrogens is 110 g/mol. The third-order valence-electron chi connectivity index (χ3n) is 2.68. The van der Waals surface area contributed by atoms with Gasteiger partial charge in [-0.05, 0) is 31.2 Å². The first-order valence-electron chi connectivity index (χ1n) is 4.07. The zero-order valence-electron chi connectivity index (χ0n) is 6.14. The summed E-state index contributed by atoms with van der Waals surface area (Å²) in [5.41, 5.74) is 0. The zero-order chi connectivity index (χ0) is 6.27. The van der Waals surface area contributed by atoms with Gasteiger partial charge in [-0.3, -0.25) is 0 Å². The van der Waals surface area contributed by atoms with Crippen molar-refractivity contribution in [3.05, 3.63) is 0 Å². The molecular formula is C8H15N. The molecule has 2 fully saturated rings. The van der Waals surface area contributed by atoms with Crippen molar-refractivity contribution in [1.29, 1.82) is 0 Å². The van der Waals surface area contributed by atoms with Crippen LogP contribution in [0.1, 0.15) is 19.8 Å². The molecule has 1 heteroatoms. The van der Waals surface area contributed by atoms with Crippen LogP contribution in [0.15, 0.2) is 0 Å². The van der Waals surface area contributed by atoms with E-state index in [2.05, 4.69) is 11.8 Å². The molecule has 0 aromatic rings. The largest absolute Gasteiger partial charge is 0.303 e. The minimum atomic E-state index is 0.978. The van der Waals surface area contributed by atoms with Gasteiger partial charge in [-0.15, -0.1) is 0 Å². The van der Waals surface area contributed by atoms with Crippen LogP contribution in [0.4, 0.5) is 0 Å². The van der Waals surface area contributed by atoms with E-state index in [1.807, 2.05) is 0 Å². The molecule has 9 heavy (non-hydrogen) atoms. The van der Waals surface area contributed by atoms with Crippen molar-refractivity contribution in [2.24, 2.45) is 11.8 Å². The van der Waals surface area contributed by atoms with E-state index in [0.717, 1.165) is 11.8 Å². The SMILES string of the molecule is CC1CC2CCN(C1)C2. The quantitative estimate of drug-likeness (QED) is 0.472. The second-order valence-corrected chi connectivity index (χ2v) is 3.76. The van der Waals surface area contributed by atoms with Crippen molar-refractivity contribution >= 4 is 0 Å². The van der Waals surface area contributed by atoms with Crippen molar-refractivity contribution in [1.82, 2.24) is 4.90 Å². The van der Waals surface area contributed by atoms with E-state index in [9.17, 15) is 0 Å². The van der Waals surface area contributed by atoms with E-state index in [0.29, 0.717) is 0 Å². The fraction of sp³-hybridized carbons (Fsp3) is 1.00. The van der Waals surface area contributed by atoms with Crippen LogP contribution in [0.3, 0.4) is 0 Å². The zero-order valence-corrected chi connectivity index (χ0v) is 6.14. The fourth-order valence-electron chi connectivity index (χ4n) is 2.36. The molecule has 2 aliphatic rings. The molecule has 1 nitrogen and oxygen atoms in total. The highest BCUT2D eigenvalue weighted by molar-refractivity contribution is 4.83. The van der Waals surface area contributed by atoms with Gasteiger partial charge in [0.25, 0.3) is 0 Å². The van der Waals surface area contributed by atoms with E-state index in [4.69, 9.17) is 0 Å². The number of nitrogens with zero attached hydrogens (tertiary/aromatic N) is 1. The van der Waals surface area contributed by atoms with Crippen LogP contribution >= 0.6 is 0 Å². The van der Waals surface area contributed by atoms with Gasteiger partial charge in [-0.25, -0.2) is 0 Å². The van der Waals surface area contributed by atoms with E-state index < -0.39 is 0 Å². The van der Waals surface area contributed by atoms with Crippen LogP contribution in [0.2, 0.25) is 0 Å². The van der Waals surface area contributed by atoms with Crippen LogP contribution in [-0.4, -0.2) is 24.5 Å². The smallest absolute Gasteiger partial charge is 0.00104 e. The number of hydrogen-bond donors (Lipinski definition) is 0. The molecule has 0 aromatic carbocycles. The van der Waals surface area contributed by atoms with Gasteiger partial charge < -0.3 is 4.90 Å². The molecule has 3 unspecified atom stereocenters. The van der Waals surface area contributed by atoms with Crippen molar-refractivity contribution in [2.75, 3.05) is 19.6 Å². The Morgan fingerprint density at radius 1 is 1.33 bits per heavy atom. The molecule has 2 saturated heterocycles. The average molecular weight is 125 g/mol. The summed E-state index contributed by atoms with van der Waals surface area (Å²) in [5, 5.41) is 0. The summed E-state index contributed by atoms with van der Waals surface area (Å²) < 4.78 is 0. The summed E-state index contributed by atoms with van der Waals surface area (Å²) in [5.74, 6) is 2.04. The van der Waals surface area contributed by atoms with Crippen molar-refractivity contribution < 1.29 is 0 Å². The lowest BCUT2D eigenvalue weighted by Crippen LogP contribution is -2.31. The maximum atomic E-state index is 2.61. The Bertz CT molecular complexity index is 99.1. The van der Waals surface area contributed by atoms with Crippen LogP contribution < -0.4 is 0 Å². The summed E-state index contributed by atoms with van der Waals surface area (Å²) in [6, 6.07) is 0. The molecule has 52 valence electrons. The van der Waals surface area contributed by atoms with E-state index in [-0.39, 0.29) is 0 Å². The second kappa shape index (κ2) is 1.98. The molecule has 0 N–H and O–H groups in total. The molecule has 2 rings (SSSR count). The highest BCUT2D eigenvalue weighted by Gasteiger charge is 2.29. The number of fused-ring (bicyclic) bond motifs is 2. The van der Waals surface area contributed by atoms with E-state index in [1.54, 1.807) is 0 Å². The van der Waals surface area contributed by atoms with E-state index >= 15 is 0 Å². The predicted octanol–water partition coefficient (Wildman–Crippen LogP) is 1.35. The number of hydrogen-bond acceptors (Lipinski definition) is 1. The first-order valence-corrected chi connectivity index (χ1v) is 4.07. The summed E-state index contributed by atoms with van der Waals surface area (Å²) in [7, 11) is 0. The normalized spacial score (nSPS) is 49.7. The fourth-order valence-corrected chi connectivity index (χ4v) is 2.36. The maximum Gasteiger partial charge on any atom is 0.00104 e. The minimum absolute atomic E-state index is 0.978. The van der Waals surface area contributed by atoms with Crippen LogP contribution in [-0.2, 0) is 0 Å². The van der Waals surface area contributed by atoms with Gasteiger partial charge in [0.1, 0.15) is 0 Å². The van der Waals surface area contributed by atoms with Gasteiger partial charge in [0.05, 0.1) is 0 Å². The van der Waals surface area contributed by atoms with Crippen molar-refractivity contribution in [3.63, 3.8) is 0 Å². The van der Waals surface area contributed by atoms with Crippen molar-refractivity contribution in [3.8, 4) is 0 Å². The Morgan fingerprint density at radius 2 is 2.22 bits per heavy atom. The molecule has 0 spiro atoms. The first kappa shape index (κ1) is 5.72. The van der Waals surface area contributed by atoms with Gasteiger partial charge in [0.15, 0.2) is 0 Å². The van der Waals surface area contributed by atoms with Gasteiger partial charge >= 0.3 is 0 Å². The van der Waals surface area contributed by atoms with E-state index in [1.165, 1.54) is 32.5 Å². The standard InChI is InChI=1S/C8H15N/c1-7-4-8-2-3-9(5-7)6-8/h7-8H,2-6H2,1H3. The lowest BCUT2D eigenvalue weighted by atomic mass is 9.93. The van der Waals surface area contributed by atoms with Crippen LogP contribution in [0.5, 0.6) is 0 Å². The topological polar surface area (TPSA) is 3.24 Å². The third-order valence-corrected chi connectivity index (χ3v) is 2.68. The summed E-state index contributed by atoms with van der Waals surface area (Å²) in [6.07, 6.45) is 2.97. The van der Waals surface area contributed by atoms with Crippen LogP contribution in [0.25, 0.3) is 0 Å². The lowest BCUT2D eigenvalue weighted by Gasteiger charge is -2.26. The maximum absolute atomic E-state index is 2.61. The molecule has 0 saturated carbocycles. The van der Waals surface area contributed by atoms with Crippen LogP contribution in [0, 0.1) is 11.8 Å². The number of rotatable bonds is 0. The lowest BCUT2D eigenvalue weighted by molar-refractivity contribution is 0.213. The Labute approximate surface area is 57.0 Å². The molecule has 2 aliphatic heterocycles. The molecule has 2 bridgehead atoms. The van der Waals surface area contributed by atoms with Gasteiger partial charge in [-0.1, -0.05) is 6.92 Å². The van der Waals surface area contributed by atoms with Gasteiger partial charge in [-0.2, -0.15) is 0 Å². The predicted molar refractivity (Wildman–Crippen MR) is 38.3 cm³/mol. The summed E-state index contributed by atoms with van der Waals surface area (Å²) in [6.45, 7) is 6.54.